The minimum atomic E-state index is -0.721. The van der Waals surface area contributed by atoms with Crippen molar-refractivity contribution in [1.29, 1.82) is 0 Å². The molecule has 1 aromatic carbocycles. The molecule has 6 heteroatoms. The van der Waals surface area contributed by atoms with Gasteiger partial charge in [0.15, 0.2) is 0 Å². The van der Waals surface area contributed by atoms with E-state index < -0.39 is 5.54 Å². The van der Waals surface area contributed by atoms with Crippen molar-refractivity contribution in [3.05, 3.63) is 29.8 Å². The highest BCUT2D eigenvalue weighted by Crippen LogP contribution is 2.36. The lowest BCUT2D eigenvalue weighted by Gasteiger charge is -2.38. The van der Waals surface area contributed by atoms with E-state index in [4.69, 9.17) is 0 Å². The van der Waals surface area contributed by atoms with Crippen LogP contribution in [0.1, 0.15) is 44.6 Å². The lowest BCUT2D eigenvalue weighted by atomic mass is 9.75. The summed E-state index contributed by atoms with van der Waals surface area (Å²) in [4.78, 5) is 31.8. The van der Waals surface area contributed by atoms with E-state index in [-0.39, 0.29) is 17.9 Å². The third-order valence-electron chi connectivity index (χ3n) is 6.80. The summed E-state index contributed by atoms with van der Waals surface area (Å²) in [6, 6.07) is 8.34. The molecule has 28 heavy (non-hydrogen) atoms. The van der Waals surface area contributed by atoms with Crippen molar-refractivity contribution >= 4 is 17.6 Å². The molecule has 2 saturated heterocycles. The zero-order chi connectivity index (χ0) is 19.7. The Bertz CT molecular complexity index is 738. The van der Waals surface area contributed by atoms with E-state index in [1.807, 2.05) is 6.92 Å². The summed E-state index contributed by atoms with van der Waals surface area (Å²) in [5, 5.41) is 3.03. The van der Waals surface area contributed by atoms with E-state index in [1.165, 1.54) is 22.6 Å². The number of nitrogens with zero attached hydrogens (tertiary/aromatic N) is 3. The number of benzene rings is 1. The molecule has 0 spiro atoms. The first-order valence-electron chi connectivity index (χ1n) is 10.7. The monoisotopic (exact) mass is 384 g/mol. The van der Waals surface area contributed by atoms with Crippen molar-refractivity contribution in [2.24, 2.45) is 5.92 Å². The number of nitrogens with one attached hydrogen (secondary N) is 1. The van der Waals surface area contributed by atoms with Gasteiger partial charge in [0, 0.05) is 31.9 Å². The van der Waals surface area contributed by atoms with Crippen LogP contribution in [0.4, 0.5) is 10.5 Å². The second-order valence-electron chi connectivity index (χ2n) is 8.79. The third kappa shape index (κ3) is 3.62. The van der Waals surface area contributed by atoms with Gasteiger partial charge in [0.05, 0.1) is 6.67 Å². The molecule has 1 unspecified atom stereocenters. The minimum absolute atomic E-state index is 0.0366. The van der Waals surface area contributed by atoms with Crippen LogP contribution in [0.25, 0.3) is 0 Å². The molecular weight excluding hydrogens is 352 g/mol. The van der Waals surface area contributed by atoms with Gasteiger partial charge >= 0.3 is 6.03 Å². The van der Waals surface area contributed by atoms with Crippen molar-refractivity contribution < 1.29 is 9.59 Å². The van der Waals surface area contributed by atoms with Gasteiger partial charge < -0.3 is 10.2 Å². The number of carbonyl (C=O) groups excluding carboxylic acids is 2. The molecule has 0 aromatic heterocycles. The van der Waals surface area contributed by atoms with Crippen LogP contribution in [0.3, 0.4) is 0 Å². The summed E-state index contributed by atoms with van der Waals surface area (Å²) < 4.78 is 0. The number of anilines is 1. The van der Waals surface area contributed by atoms with Crippen LogP contribution in [0.5, 0.6) is 0 Å². The number of piperazine rings is 1. The number of carbonyl (C=O) groups is 2. The average molecular weight is 385 g/mol. The molecule has 152 valence electrons. The fourth-order valence-corrected chi connectivity index (χ4v) is 4.97. The van der Waals surface area contributed by atoms with Crippen molar-refractivity contribution in [1.82, 2.24) is 15.1 Å². The molecule has 1 aliphatic carbocycles. The summed E-state index contributed by atoms with van der Waals surface area (Å²) >= 11 is 0. The molecular formula is C22H32N4O2. The predicted molar refractivity (Wildman–Crippen MR) is 110 cm³/mol. The fraction of sp³-hybridized carbons (Fsp3) is 0.636. The van der Waals surface area contributed by atoms with Crippen LogP contribution in [0, 0.1) is 12.8 Å². The van der Waals surface area contributed by atoms with Gasteiger partial charge in [-0.15, -0.1) is 0 Å². The Kier molecular flexibility index (Phi) is 5.32. The second kappa shape index (κ2) is 7.74. The Morgan fingerprint density at radius 3 is 2.46 bits per heavy atom. The SMILES string of the molecule is Cc1cccc(N2CCN(CN3C(=O)NC(C)(C4CCCCC4)C3=O)CC2)c1. The van der Waals surface area contributed by atoms with Gasteiger partial charge in [-0.2, -0.15) is 0 Å². The fourth-order valence-electron chi connectivity index (χ4n) is 4.97. The average Bonchev–Trinajstić information content (AvgIpc) is 2.93. The Balaban J connectivity index is 1.36. The third-order valence-corrected chi connectivity index (χ3v) is 6.80. The lowest BCUT2D eigenvalue weighted by Crippen LogP contribution is -2.53. The molecule has 3 aliphatic rings. The van der Waals surface area contributed by atoms with E-state index >= 15 is 0 Å². The van der Waals surface area contributed by atoms with E-state index in [1.54, 1.807) is 0 Å². The van der Waals surface area contributed by atoms with E-state index in [9.17, 15) is 9.59 Å². The maximum Gasteiger partial charge on any atom is 0.326 e. The number of urea groups is 1. The van der Waals surface area contributed by atoms with Gasteiger partial charge in [-0.1, -0.05) is 31.4 Å². The molecule has 2 aliphatic heterocycles. The summed E-state index contributed by atoms with van der Waals surface area (Å²) in [6.07, 6.45) is 5.62. The molecule has 1 atom stereocenters. The van der Waals surface area contributed by atoms with Gasteiger partial charge in [0.1, 0.15) is 5.54 Å². The highest BCUT2D eigenvalue weighted by Gasteiger charge is 2.52. The van der Waals surface area contributed by atoms with Crippen LogP contribution in [-0.4, -0.2) is 60.1 Å². The van der Waals surface area contributed by atoms with Gasteiger partial charge in [-0.3, -0.25) is 9.69 Å². The molecule has 1 saturated carbocycles. The van der Waals surface area contributed by atoms with Gasteiger partial charge in [0.25, 0.3) is 5.91 Å². The van der Waals surface area contributed by atoms with Crippen LogP contribution in [0.15, 0.2) is 24.3 Å². The quantitative estimate of drug-likeness (QED) is 0.811. The van der Waals surface area contributed by atoms with E-state index in [0.717, 1.165) is 51.9 Å². The molecule has 4 rings (SSSR count). The topological polar surface area (TPSA) is 55.9 Å². The second-order valence-corrected chi connectivity index (χ2v) is 8.79. The largest absolute Gasteiger partial charge is 0.369 e. The molecule has 1 aromatic rings. The van der Waals surface area contributed by atoms with Crippen LogP contribution < -0.4 is 10.2 Å². The molecule has 1 N–H and O–H groups in total. The Morgan fingerprint density at radius 2 is 1.79 bits per heavy atom. The summed E-state index contributed by atoms with van der Waals surface area (Å²) in [6.45, 7) is 7.96. The number of hydrogen-bond donors (Lipinski definition) is 1. The Hall–Kier alpha value is -2.08. The van der Waals surface area contributed by atoms with E-state index in [2.05, 4.69) is 46.3 Å². The first-order chi connectivity index (χ1) is 13.5. The Labute approximate surface area is 167 Å². The maximum atomic E-state index is 13.1. The first-order valence-corrected chi connectivity index (χ1v) is 10.7. The maximum absolute atomic E-state index is 13.1. The van der Waals surface area contributed by atoms with Gasteiger partial charge in [0.2, 0.25) is 0 Å². The lowest BCUT2D eigenvalue weighted by molar-refractivity contribution is -0.134. The normalized spacial score (nSPS) is 27.4. The number of amides is 3. The van der Waals surface area contributed by atoms with E-state index in [0.29, 0.717) is 6.67 Å². The number of rotatable bonds is 4. The van der Waals surface area contributed by atoms with Gasteiger partial charge in [-0.25, -0.2) is 9.69 Å². The number of hydrogen-bond acceptors (Lipinski definition) is 4. The van der Waals surface area contributed by atoms with Crippen molar-refractivity contribution in [2.75, 3.05) is 37.7 Å². The number of aryl methyl sites for hydroxylation is 1. The Morgan fingerprint density at radius 1 is 1.07 bits per heavy atom. The highest BCUT2D eigenvalue weighted by atomic mass is 16.2. The molecule has 6 nitrogen and oxygen atoms in total. The molecule has 3 amide bonds. The number of imide groups is 1. The molecule has 3 fully saturated rings. The highest BCUT2D eigenvalue weighted by molar-refractivity contribution is 6.07. The smallest absolute Gasteiger partial charge is 0.326 e. The molecule has 0 bridgehead atoms. The zero-order valence-electron chi connectivity index (χ0n) is 17.1. The van der Waals surface area contributed by atoms with Crippen molar-refractivity contribution in [2.45, 2.75) is 51.5 Å². The predicted octanol–water partition coefficient (Wildman–Crippen LogP) is 2.97. The van der Waals surface area contributed by atoms with Gasteiger partial charge in [-0.05, 0) is 50.3 Å². The first kappa shape index (κ1) is 19.2. The summed E-state index contributed by atoms with van der Waals surface area (Å²) in [5.74, 6) is 0.228. The molecule has 0 radical (unpaired) electrons. The van der Waals surface area contributed by atoms with Crippen molar-refractivity contribution in [3.63, 3.8) is 0 Å². The standard InChI is InChI=1S/C22H32N4O2/c1-17-7-6-10-19(15-17)25-13-11-24(12-14-25)16-26-20(27)22(2,23-21(26)28)18-8-4-3-5-9-18/h6-7,10,15,18H,3-5,8-9,11-14,16H2,1-2H3,(H,23,28). The van der Waals surface area contributed by atoms with Crippen molar-refractivity contribution in [3.8, 4) is 0 Å². The summed E-state index contributed by atoms with van der Waals surface area (Å²) in [7, 11) is 0. The van der Waals surface area contributed by atoms with Crippen LogP contribution >= 0.6 is 0 Å². The zero-order valence-corrected chi connectivity index (χ0v) is 17.1. The summed E-state index contributed by atoms with van der Waals surface area (Å²) in [5.41, 5.74) is 1.79. The minimum Gasteiger partial charge on any atom is -0.369 e. The van der Waals surface area contributed by atoms with Crippen LogP contribution in [-0.2, 0) is 4.79 Å². The molecule has 2 heterocycles. The van der Waals surface area contributed by atoms with Crippen LogP contribution in [0.2, 0.25) is 0 Å².